The van der Waals surface area contributed by atoms with E-state index in [0.29, 0.717) is 6.54 Å². The molecule has 0 aliphatic carbocycles. The van der Waals surface area contributed by atoms with Crippen molar-refractivity contribution >= 4 is 12.1 Å². The number of benzene rings is 2. The summed E-state index contributed by atoms with van der Waals surface area (Å²) < 4.78 is 32.5. The van der Waals surface area contributed by atoms with E-state index < -0.39 is 6.04 Å². The fourth-order valence-electron chi connectivity index (χ4n) is 3.91. The maximum atomic E-state index is 13.6. The van der Waals surface area contributed by atoms with Crippen molar-refractivity contribution in [3.8, 4) is 0 Å². The van der Waals surface area contributed by atoms with Crippen LogP contribution in [-0.4, -0.2) is 60.0 Å². The van der Waals surface area contributed by atoms with Crippen LogP contribution in [0.5, 0.6) is 0 Å². The molecule has 0 spiro atoms. The van der Waals surface area contributed by atoms with E-state index in [1.807, 2.05) is 0 Å². The number of hydrazone groups is 1. The molecule has 0 bridgehead atoms. The molecular formula is C22H21F2N3O3. The van der Waals surface area contributed by atoms with Gasteiger partial charge in [0.2, 0.25) is 0 Å². The number of amides is 1. The lowest BCUT2D eigenvalue weighted by atomic mass is 9.83. The molecule has 0 saturated carbocycles. The average Bonchev–Trinajstić information content (AvgIpc) is 2.72. The molecule has 0 radical (unpaired) electrons. The summed E-state index contributed by atoms with van der Waals surface area (Å²) in [6, 6.07) is 11.7. The van der Waals surface area contributed by atoms with Crippen LogP contribution in [0.2, 0.25) is 0 Å². The number of hydrogen-bond acceptors (Lipinski definition) is 5. The molecule has 156 valence electrons. The van der Waals surface area contributed by atoms with Crippen LogP contribution in [0.3, 0.4) is 0 Å². The molecule has 0 aromatic heterocycles. The predicted molar refractivity (Wildman–Crippen MR) is 107 cm³/mol. The Morgan fingerprint density at radius 2 is 1.63 bits per heavy atom. The topological polar surface area (TPSA) is 65.4 Å². The molecule has 4 rings (SSSR count). The van der Waals surface area contributed by atoms with Crippen molar-refractivity contribution in [1.82, 2.24) is 9.91 Å². The predicted octanol–water partition coefficient (Wildman–Crippen LogP) is 3.02. The van der Waals surface area contributed by atoms with Gasteiger partial charge in [-0.25, -0.2) is 8.78 Å². The maximum absolute atomic E-state index is 13.6. The monoisotopic (exact) mass is 413 g/mol. The maximum Gasteiger partial charge on any atom is 0.275 e. The molecule has 2 aliphatic rings. The van der Waals surface area contributed by atoms with Gasteiger partial charge in [-0.3, -0.25) is 9.80 Å². The van der Waals surface area contributed by atoms with E-state index in [1.54, 1.807) is 31.3 Å². The molecule has 2 aromatic carbocycles. The van der Waals surface area contributed by atoms with E-state index in [-0.39, 0.29) is 48.1 Å². The fraction of sp³-hybridized carbons (Fsp3) is 0.273. The van der Waals surface area contributed by atoms with Crippen molar-refractivity contribution in [2.75, 3.05) is 26.8 Å². The van der Waals surface area contributed by atoms with E-state index in [1.165, 1.54) is 40.4 Å². The molecule has 30 heavy (non-hydrogen) atoms. The first-order chi connectivity index (χ1) is 14.5. The third-order valence-corrected chi connectivity index (χ3v) is 5.31. The van der Waals surface area contributed by atoms with Gasteiger partial charge in [0.25, 0.3) is 5.91 Å². The Morgan fingerprint density at radius 1 is 1.07 bits per heavy atom. The second-order valence-corrected chi connectivity index (χ2v) is 7.29. The summed E-state index contributed by atoms with van der Waals surface area (Å²) in [7, 11) is 1.64. The molecule has 1 atom stereocenters. The molecule has 1 amide bonds. The molecular weight excluding hydrogens is 392 g/mol. The van der Waals surface area contributed by atoms with Crippen molar-refractivity contribution < 1.29 is 23.4 Å². The first-order valence-corrected chi connectivity index (χ1v) is 9.53. The summed E-state index contributed by atoms with van der Waals surface area (Å²) >= 11 is 0. The SMILES string of the molecule is CN1CC(C(c2ccc(F)cc2)c2ccc(F)cc2)N2/N=C\COCC(O)=C2C1=O. The number of rotatable bonds is 3. The molecule has 6 nitrogen and oxygen atoms in total. The Morgan fingerprint density at radius 3 is 2.20 bits per heavy atom. The summed E-state index contributed by atoms with van der Waals surface area (Å²) in [4.78, 5) is 14.3. The fourth-order valence-corrected chi connectivity index (χ4v) is 3.91. The molecule has 8 heteroatoms. The number of aliphatic hydroxyl groups is 1. The highest BCUT2D eigenvalue weighted by Crippen LogP contribution is 2.37. The van der Waals surface area contributed by atoms with Gasteiger partial charge in [-0.15, -0.1) is 0 Å². The molecule has 2 aromatic rings. The van der Waals surface area contributed by atoms with Crippen molar-refractivity contribution in [2.24, 2.45) is 5.10 Å². The highest BCUT2D eigenvalue weighted by atomic mass is 19.1. The first kappa shape index (κ1) is 20.0. The zero-order valence-electron chi connectivity index (χ0n) is 16.3. The van der Waals surface area contributed by atoms with E-state index in [4.69, 9.17) is 4.74 Å². The molecule has 1 saturated heterocycles. The number of fused-ring (bicyclic) bond motifs is 1. The minimum atomic E-state index is -0.421. The highest BCUT2D eigenvalue weighted by molar-refractivity contribution is 5.94. The Hall–Kier alpha value is -3.26. The largest absolute Gasteiger partial charge is 0.507 e. The first-order valence-electron chi connectivity index (χ1n) is 9.53. The van der Waals surface area contributed by atoms with Crippen LogP contribution in [0.1, 0.15) is 17.0 Å². The quantitative estimate of drug-likeness (QED) is 0.840. The number of aliphatic hydroxyl groups excluding tert-OH is 1. The third kappa shape index (κ3) is 3.78. The number of ether oxygens (including phenoxy) is 1. The van der Waals surface area contributed by atoms with E-state index in [2.05, 4.69) is 5.10 Å². The van der Waals surface area contributed by atoms with E-state index in [9.17, 15) is 18.7 Å². The molecule has 2 aliphatic heterocycles. The van der Waals surface area contributed by atoms with Gasteiger partial charge in [-0.1, -0.05) is 24.3 Å². The van der Waals surface area contributed by atoms with Crippen molar-refractivity contribution in [1.29, 1.82) is 0 Å². The van der Waals surface area contributed by atoms with Gasteiger partial charge in [0.05, 0.1) is 18.9 Å². The molecule has 1 unspecified atom stereocenters. The zero-order valence-corrected chi connectivity index (χ0v) is 16.3. The summed E-state index contributed by atoms with van der Waals surface area (Å²) in [6.07, 6.45) is 1.53. The third-order valence-electron chi connectivity index (χ3n) is 5.31. The van der Waals surface area contributed by atoms with Gasteiger partial charge in [0.1, 0.15) is 24.0 Å². The minimum Gasteiger partial charge on any atom is -0.507 e. The number of hydrogen-bond donors (Lipinski definition) is 1. The van der Waals surface area contributed by atoms with Gasteiger partial charge < -0.3 is 14.7 Å². The Labute approximate surface area is 172 Å². The van der Waals surface area contributed by atoms with Crippen LogP contribution in [0, 0.1) is 11.6 Å². The lowest BCUT2D eigenvalue weighted by molar-refractivity contribution is -0.132. The van der Waals surface area contributed by atoms with Gasteiger partial charge in [0, 0.05) is 19.5 Å². The minimum absolute atomic E-state index is 0.0407. The van der Waals surface area contributed by atoms with E-state index >= 15 is 0 Å². The number of nitrogens with zero attached hydrogens (tertiary/aromatic N) is 3. The van der Waals surface area contributed by atoms with E-state index in [0.717, 1.165) is 11.1 Å². The van der Waals surface area contributed by atoms with Crippen LogP contribution in [0.4, 0.5) is 8.78 Å². The normalized spacial score (nSPS) is 20.8. The lowest BCUT2D eigenvalue weighted by Crippen LogP contribution is -2.54. The lowest BCUT2D eigenvalue weighted by Gasteiger charge is -2.43. The average molecular weight is 413 g/mol. The zero-order chi connectivity index (χ0) is 21.3. The molecule has 1 N–H and O–H groups in total. The second kappa shape index (κ2) is 8.23. The number of carbonyl (C=O) groups excluding carboxylic acids is 1. The Bertz CT molecular complexity index is 944. The number of piperazine rings is 1. The van der Waals surface area contributed by atoms with Gasteiger partial charge in [-0.2, -0.15) is 5.10 Å². The van der Waals surface area contributed by atoms with Crippen molar-refractivity contribution in [3.63, 3.8) is 0 Å². The van der Waals surface area contributed by atoms with Crippen LogP contribution in [-0.2, 0) is 9.53 Å². The van der Waals surface area contributed by atoms with Crippen LogP contribution >= 0.6 is 0 Å². The van der Waals surface area contributed by atoms with Crippen LogP contribution < -0.4 is 0 Å². The number of halogens is 2. The number of carbonyl (C=O) groups is 1. The smallest absolute Gasteiger partial charge is 0.275 e. The molecule has 2 heterocycles. The number of likely N-dealkylation sites (N-methyl/N-ethyl adjacent to an activating group) is 1. The van der Waals surface area contributed by atoms with Crippen molar-refractivity contribution in [3.05, 3.63) is 82.7 Å². The summed E-state index contributed by atoms with van der Waals surface area (Å²) in [5.74, 6) is -1.69. The Balaban J connectivity index is 1.86. The van der Waals surface area contributed by atoms with Crippen molar-refractivity contribution in [2.45, 2.75) is 12.0 Å². The summed E-state index contributed by atoms with van der Waals surface area (Å²) in [5, 5.41) is 16.4. The van der Waals surface area contributed by atoms with Gasteiger partial charge in [0.15, 0.2) is 5.70 Å². The summed E-state index contributed by atoms with van der Waals surface area (Å²) in [5.41, 5.74) is 1.60. The van der Waals surface area contributed by atoms with Gasteiger partial charge in [-0.05, 0) is 35.4 Å². The second-order valence-electron chi connectivity index (χ2n) is 7.29. The Kier molecular flexibility index (Phi) is 5.50. The highest BCUT2D eigenvalue weighted by Gasteiger charge is 2.42. The summed E-state index contributed by atoms with van der Waals surface area (Å²) in [6.45, 7) is 0.373. The van der Waals surface area contributed by atoms with Crippen LogP contribution in [0.25, 0.3) is 0 Å². The van der Waals surface area contributed by atoms with Crippen LogP contribution in [0.15, 0.2) is 65.1 Å². The molecule has 1 fully saturated rings. The standard InChI is InChI=1S/C22H21F2N3O3/c1-26-12-18(27-21(22(26)29)19(28)13-30-11-10-25-27)20(14-2-6-16(23)7-3-14)15-4-8-17(24)9-5-15/h2-10,18,20,28H,11-13H2,1H3/b21-19?,25-10-. The van der Waals surface area contributed by atoms with Gasteiger partial charge >= 0.3 is 0 Å².